The molecule has 3 unspecified atom stereocenters. The minimum absolute atomic E-state index is 0.0354. The van der Waals surface area contributed by atoms with Crippen molar-refractivity contribution in [3.63, 3.8) is 0 Å². The average Bonchev–Trinajstić information content (AvgIpc) is 2.56. The van der Waals surface area contributed by atoms with Gasteiger partial charge in [0.15, 0.2) is 0 Å². The molecule has 16 heavy (non-hydrogen) atoms. The summed E-state index contributed by atoms with van der Waals surface area (Å²) in [6, 6.07) is 9.82. The second-order valence-electron chi connectivity index (χ2n) is 3.90. The van der Waals surface area contributed by atoms with Crippen molar-refractivity contribution in [3.8, 4) is 0 Å². The Morgan fingerprint density at radius 2 is 2.00 bits per heavy atom. The molecule has 1 fully saturated rings. The normalized spacial score (nSPS) is 35.4. The quantitative estimate of drug-likeness (QED) is 0.746. The van der Waals surface area contributed by atoms with E-state index in [1.807, 2.05) is 37.3 Å². The van der Waals surface area contributed by atoms with Crippen LogP contribution in [0.15, 0.2) is 30.3 Å². The van der Waals surface area contributed by atoms with Gasteiger partial charge >= 0.3 is 7.75 Å². The molecule has 0 aromatic heterocycles. The van der Waals surface area contributed by atoms with Crippen LogP contribution in [0.25, 0.3) is 0 Å². The first-order chi connectivity index (χ1) is 7.58. The lowest BCUT2D eigenvalue weighted by atomic mass is 10.0. The van der Waals surface area contributed by atoms with Gasteiger partial charge in [0.2, 0.25) is 0 Å². The van der Waals surface area contributed by atoms with E-state index in [-0.39, 0.29) is 12.1 Å². The predicted molar refractivity (Wildman–Crippen MR) is 62.1 cm³/mol. The molecule has 1 aliphatic heterocycles. The molecule has 0 amide bonds. The Morgan fingerprint density at radius 1 is 1.38 bits per heavy atom. The Kier molecular flexibility index (Phi) is 3.17. The summed E-state index contributed by atoms with van der Waals surface area (Å²) in [5.74, 6) is 0. The van der Waals surface area contributed by atoms with Gasteiger partial charge in [0, 0.05) is 13.2 Å². The second kappa shape index (κ2) is 4.30. The summed E-state index contributed by atoms with van der Waals surface area (Å²) in [7, 11) is 0.0895. The monoisotopic (exact) mass is 241 g/mol. The number of hydrogen-bond acceptors (Lipinski definition) is 3. The Hall–Kier alpha value is -0.670. The molecule has 0 aliphatic carbocycles. The van der Waals surface area contributed by atoms with Crippen LogP contribution < -0.4 is 0 Å². The van der Waals surface area contributed by atoms with Crippen LogP contribution in [0, 0.1) is 0 Å². The highest BCUT2D eigenvalue weighted by molar-refractivity contribution is 7.51. The fraction of sp³-hybridized carbons (Fsp3) is 0.455. The van der Waals surface area contributed by atoms with E-state index in [1.54, 1.807) is 11.7 Å². The third-order valence-electron chi connectivity index (χ3n) is 3.02. The molecule has 88 valence electrons. The fourth-order valence-corrected chi connectivity index (χ4v) is 3.52. The number of hydrogen-bond donors (Lipinski definition) is 0. The molecule has 5 heteroatoms. The standard InChI is InChI=1S/C11H16NO3P/c1-9-11(10-7-5-4-6-8-10)15-16(13,14-3)12(9)2/h4-9,11H,1-3H3. The number of benzene rings is 1. The van der Waals surface area contributed by atoms with Gasteiger partial charge in [-0.25, -0.2) is 9.24 Å². The molecule has 4 nitrogen and oxygen atoms in total. The zero-order valence-corrected chi connectivity index (χ0v) is 10.6. The van der Waals surface area contributed by atoms with E-state index in [1.165, 1.54) is 7.11 Å². The van der Waals surface area contributed by atoms with Crippen LogP contribution in [0.3, 0.4) is 0 Å². The number of rotatable bonds is 2. The molecule has 1 saturated heterocycles. The first kappa shape index (κ1) is 11.8. The smallest absolute Gasteiger partial charge is 0.300 e. The zero-order valence-electron chi connectivity index (χ0n) is 9.66. The molecule has 0 saturated carbocycles. The van der Waals surface area contributed by atoms with Gasteiger partial charge in [-0.05, 0) is 19.5 Å². The minimum atomic E-state index is -3.09. The summed E-state index contributed by atoms with van der Waals surface area (Å²) >= 11 is 0. The van der Waals surface area contributed by atoms with E-state index in [9.17, 15) is 4.57 Å². The highest BCUT2D eigenvalue weighted by Gasteiger charge is 2.47. The molecule has 0 N–H and O–H groups in total. The minimum Gasteiger partial charge on any atom is -0.300 e. The van der Waals surface area contributed by atoms with Crippen molar-refractivity contribution in [1.82, 2.24) is 4.67 Å². The maximum Gasteiger partial charge on any atom is 0.408 e. The van der Waals surface area contributed by atoms with Gasteiger partial charge in [-0.3, -0.25) is 9.05 Å². The van der Waals surface area contributed by atoms with Gasteiger partial charge in [0.25, 0.3) is 0 Å². The predicted octanol–water partition coefficient (Wildman–Crippen LogP) is 2.83. The summed E-state index contributed by atoms with van der Waals surface area (Å²) in [6.07, 6.45) is -0.197. The summed E-state index contributed by atoms with van der Waals surface area (Å²) in [6.45, 7) is 1.98. The topological polar surface area (TPSA) is 38.8 Å². The van der Waals surface area contributed by atoms with E-state index < -0.39 is 7.75 Å². The maximum atomic E-state index is 12.2. The van der Waals surface area contributed by atoms with Gasteiger partial charge < -0.3 is 0 Å². The molecule has 0 bridgehead atoms. The molecule has 2 rings (SSSR count). The van der Waals surface area contributed by atoms with Crippen LogP contribution in [0.4, 0.5) is 0 Å². The maximum absolute atomic E-state index is 12.2. The number of likely N-dealkylation sites (N-methyl/N-ethyl adjacent to an activating group) is 1. The van der Waals surface area contributed by atoms with Crippen molar-refractivity contribution in [2.75, 3.05) is 14.2 Å². The Balaban J connectivity index is 2.30. The molecule has 3 atom stereocenters. The van der Waals surface area contributed by atoms with E-state index in [0.29, 0.717) is 0 Å². The fourth-order valence-electron chi connectivity index (χ4n) is 1.88. The zero-order chi connectivity index (χ0) is 11.8. The Morgan fingerprint density at radius 3 is 2.50 bits per heavy atom. The largest absolute Gasteiger partial charge is 0.408 e. The van der Waals surface area contributed by atoms with Crippen molar-refractivity contribution >= 4 is 7.75 Å². The van der Waals surface area contributed by atoms with Crippen LogP contribution in [0.2, 0.25) is 0 Å². The SMILES string of the molecule is COP1(=O)OC(c2ccccc2)C(C)N1C. The lowest BCUT2D eigenvalue weighted by Crippen LogP contribution is -2.23. The van der Waals surface area contributed by atoms with Crippen LogP contribution in [0.5, 0.6) is 0 Å². The van der Waals surface area contributed by atoms with E-state index in [4.69, 9.17) is 9.05 Å². The summed E-state index contributed by atoms with van der Waals surface area (Å²) in [5.41, 5.74) is 1.02. The molecule has 1 aromatic carbocycles. The number of nitrogens with zero attached hydrogens (tertiary/aromatic N) is 1. The Labute approximate surface area is 95.8 Å². The molecular weight excluding hydrogens is 225 g/mol. The van der Waals surface area contributed by atoms with Crippen LogP contribution >= 0.6 is 7.75 Å². The van der Waals surface area contributed by atoms with Crippen LogP contribution in [-0.2, 0) is 13.6 Å². The highest BCUT2D eigenvalue weighted by Crippen LogP contribution is 2.62. The third kappa shape index (κ3) is 1.82. The van der Waals surface area contributed by atoms with Crippen molar-refractivity contribution < 1.29 is 13.6 Å². The Bertz CT molecular complexity index is 409. The molecule has 1 aromatic rings. The van der Waals surface area contributed by atoms with Gasteiger partial charge in [-0.15, -0.1) is 0 Å². The summed E-state index contributed by atoms with van der Waals surface area (Å²) < 4.78 is 24.4. The molecule has 0 spiro atoms. The van der Waals surface area contributed by atoms with Crippen molar-refractivity contribution in [1.29, 1.82) is 0 Å². The molecule has 0 radical (unpaired) electrons. The summed E-state index contributed by atoms with van der Waals surface area (Å²) in [5, 5.41) is 0. The van der Waals surface area contributed by atoms with Gasteiger partial charge in [-0.1, -0.05) is 30.3 Å². The summed E-state index contributed by atoms with van der Waals surface area (Å²) in [4.78, 5) is 0. The molecule has 1 heterocycles. The van der Waals surface area contributed by atoms with Crippen LogP contribution in [0.1, 0.15) is 18.6 Å². The van der Waals surface area contributed by atoms with Crippen molar-refractivity contribution in [3.05, 3.63) is 35.9 Å². The van der Waals surface area contributed by atoms with Gasteiger partial charge in [-0.2, -0.15) is 0 Å². The van der Waals surface area contributed by atoms with E-state index in [0.717, 1.165) is 5.56 Å². The average molecular weight is 241 g/mol. The first-order valence-corrected chi connectivity index (χ1v) is 6.70. The van der Waals surface area contributed by atoms with E-state index in [2.05, 4.69) is 0 Å². The van der Waals surface area contributed by atoms with Crippen molar-refractivity contribution in [2.24, 2.45) is 0 Å². The van der Waals surface area contributed by atoms with E-state index >= 15 is 0 Å². The molecular formula is C11H16NO3P. The lowest BCUT2D eigenvalue weighted by Gasteiger charge is -2.18. The first-order valence-electron chi connectivity index (χ1n) is 5.21. The third-order valence-corrected chi connectivity index (χ3v) is 5.11. The lowest BCUT2D eigenvalue weighted by molar-refractivity contribution is 0.185. The molecule has 1 aliphatic rings. The van der Waals surface area contributed by atoms with Crippen molar-refractivity contribution in [2.45, 2.75) is 19.1 Å². The second-order valence-corrected chi connectivity index (χ2v) is 6.05. The van der Waals surface area contributed by atoms with Gasteiger partial charge in [0.05, 0.1) is 0 Å². The van der Waals surface area contributed by atoms with Gasteiger partial charge in [0.1, 0.15) is 6.10 Å². The van der Waals surface area contributed by atoms with Crippen LogP contribution in [-0.4, -0.2) is 24.9 Å². The highest BCUT2D eigenvalue weighted by atomic mass is 31.2.